The van der Waals surface area contributed by atoms with Gasteiger partial charge in [0.2, 0.25) is 11.7 Å². The van der Waals surface area contributed by atoms with Crippen molar-refractivity contribution in [2.24, 2.45) is 10.9 Å². The van der Waals surface area contributed by atoms with Crippen LogP contribution in [-0.4, -0.2) is 70.7 Å². The molecule has 8 heteroatoms. The summed E-state index contributed by atoms with van der Waals surface area (Å²) in [6.45, 7) is 8.87. The number of carbonyl (C=O) groups excluding carboxylic acids is 3. The van der Waals surface area contributed by atoms with Crippen LogP contribution in [0.2, 0.25) is 0 Å². The van der Waals surface area contributed by atoms with Crippen LogP contribution in [0.1, 0.15) is 70.9 Å². The Morgan fingerprint density at radius 1 is 1.08 bits per heavy atom. The van der Waals surface area contributed by atoms with E-state index in [0.29, 0.717) is 48.9 Å². The number of benzene rings is 1. The van der Waals surface area contributed by atoms with Crippen molar-refractivity contribution >= 4 is 29.6 Å². The summed E-state index contributed by atoms with van der Waals surface area (Å²) in [6, 6.07) is 8.34. The van der Waals surface area contributed by atoms with Crippen molar-refractivity contribution in [1.82, 2.24) is 9.80 Å². The van der Waals surface area contributed by atoms with Crippen molar-refractivity contribution in [1.29, 1.82) is 0 Å². The zero-order valence-corrected chi connectivity index (χ0v) is 28.9. The normalized spacial score (nSPS) is 24.4. The van der Waals surface area contributed by atoms with Gasteiger partial charge in [-0.25, -0.2) is 4.79 Å². The third-order valence-electron chi connectivity index (χ3n) is 10.00. The molecule has 0 aromatic heterocycles. The van der Waals surface area contributed by atoms with Crippen molar-refractivity contribution in [3.05, 3.63) is 112 Å². The summed E-state index contributed by atoms with van der Waals surface area (Å²) >= 11 is 0. The van der Waals surface area contributed by atoms with E-state index in [0.717, 1.165) is 43.3 Å². The summed E-state index contributed by atoms with van der Waals surface area (Å²) in [6.07, 6.45) is 21.0. The third-order valence-corrected chi connectivity index (χ3v) is 10.00. The molecule has 0 saturated carbocycles. The van der Waals surface area contributed by atoms with Crippen LogP contribution in [-0.2, 0) is 25.5 Å². The molecule has 3 aliphatic carbocycles. The zero-order valence-electron chi connectivity index (χ0n) is 28.9. The van der Waals surface area contributed by atoms with Crippen molar-refractivity contribution in [3.8, 4) is 0 Å². The number of aliphatic imine (C=N–C) groups is 1. The van der Waals surface area contributed by atoms with Crippen LogP contribution in [0, 0.1) is 5.92 Å². The van der Waals surface area contributed by atoms with Gasteiger partial charge in [0.05, 0.1) is 23.1 Å². The van der Waals surface area contributed by atoms with Crippen molar-refractivity contribution in [2.45, 2.75) is 83.9 Å². The Bertz CT molecular complexity index is 1820. The van der Waals surface area contributed by atoms with Crippen molar-refractivity contribution in [2.75, 3.05) is 19.8 Å². The average molecular weight is 660 g/mol. The Morgan fingerprint density at radius 3 is 2.65 bits per heavy atom. The number of allylic oxidation sites excluding steroid dienone is 6. The highest BCUT2D eigenvalue weighted by Crippen LogP contribution is 2.40. The number of carbonyl (C=O) groups is 3. The van der Waals surface area contributed by atoms with Gasteiger partial charge in [-0.2, -0.15) is 0 Å². The van der Waals surface area contributed by atoms with Crippen LogP contribution in [0.3, 0.4) is 0 Å². The van der Waals surface area contributed by atoms with E-state index < -0.39 is 5.60 Å². The van der Waals surface area contributed by atoms with Gasteiger partial charge in [-0.3, -0.25) is 19.5 Å². The van der Waals surface area contributed by atoms with Crippen LogP contribution >= 0.6 is 0 Å². The second-order valence-corrected chi connectivity index (χ2v) is 14.6. The monoisotopic (exact) mass is 659 g/mol. The van der Waals surface area contributed by atoms with E-state index in [1.54, 1.807) is 11.0 Å². The number of aryl methyl sites for hydroxylation is 1. The highest BCUT2D eigenvalue weighted by molar-refractivity contribution is 6.19. The Hall–Kier alpha value is -4.56. The molecule has 7 rings (SSSR count). The molecule has 254 valence electrons. The molecule has 1 saturated heterocycles. The lowest BCUT2D eigenvalue weighted by Gasteiger charge is -2.37. The van der Waals surface area contributed by atoms with Gasteiger partial charge in [0.1, 0.15) is 5.60 Å². The molecule has 6 aliphatic rings. The molecule has 1 aromatic rings. The number of amides is 2. The molecule has 1 aromatic carbocycles. The highest BCUT2D eigenvalue weighted by Gasteiger charge is 2.38. The summed E-state index contributed by atoms with van der Waals surface area (Å²) in [5.41, 5.74) is 7.78. The molecule has 2 amide bonds. The molecule has 8 nitrogen and oxygen atoms in total. The summed E-state index contributed by atoms with van der Waals surface area (Å²) in [5, 5.41) is 0. The van der Waals surface area contributed by atoms with E-state index >= 15 is 0 Å². The van der Waals surface area contributed by atoms with Gasteiger partial charge in [0.25, 0.3) is 0 Å². The number of hydrogen-bond acceptors (Lipinski definition) is 6. The Morgan fingerprint density at radius 2 is 1.88 bits per heavy atom. The molecular formula is C41H45N3O5. The number of Topliss-reactive ketones (excluding diaryl/α,β-unsaturated/α-hetero) is 1. The maximum atomic E-state index is 13.6. The number of nitrogens with zero attached hydrogens (tertiary/aromatic N) is 3. The summed E-state index contributed by atoms with van der Waals surface area (Å²) in [7, 11) is 0. The molecule has 0 radical (unpaired) electrons. The first-order chi connectivity index (χ1) is 23.6. The SMILES string of the molecule is CC(=O)N1C2=C(CCC=C2)C(=O)/C1=C/C1=NC2C=CC(CN(C(=O)OC(C)(C)C)C3CCOCC3)=CC2C(C2=Cc3ccccc3CC2)=C1. The molecule has 3 heterocycles. The van der Waals surface area contributed by atoms with Gasteiger partial charge in [0, 0.05) is 44.2 Å². The number of dihydropyridines is 1. The maximum Gasteiger partial charge on any atom is 0.410 e. The minimum Gasteiger partial charge on any atom is -0.444 e. The number of rotatable bonds is 5. The van der Waals surface area contributed by atoms with Crippen molar-refractivity contribution in [3.63, 3.8) is 0 Å². The zero-order chi connectivity index (χ0) is 34.3. The average Bonchev–Trinajstić information content (AvgIpc) is 3.37. The lowest BCUT2D eigenvalue weighted by Crippen LogP contribution is -2.46. The first-order valence-corrected chi connectivity index (χ1v) is 17.6. The maximum absolute atomic E-state index is 13.6. The Kier molecular flexibility index (Phi) is 9.01. The largest absolute Gasteiger partial charge is 0.444 e. The molecule has 3 aliphatic heterocycles. The fraction of sp³-hybridized carbons (Fsp3) is 0.415. The first-order valence-electron chi connectivity index (χ1n) is 17.6. The standard InChI is InChI=1S/C41H45N3O5/c1-26(45)44-37-12-8-7-11-33(37)39(46)38(44)24-31-23-34(30-15-14-28-9-5-6-10-29(28)22-30)35-21-27(13-16-36(35)42-31)25-43(32-17-19-48-20-18-32)40(47)49-41(2,3)4/h5-6,8-10,12-13,16,21-24,32,35-36H,7,11,14-15,17-20,25H2,1-4H3/b38-24-. The van der Waals surface area contributed by atoms with Gasteiger partial charge < -0.3 is 14.4 Å². The van der Waals surface area contributed by atoms with E-state index in [1.807, 2.05) is 37.8 Å². The third kappa shape index (κ3) is 6.84. The molecule has 0 bridgehead atoms. The summed E-state index contributed by atoms with van der Waals surface area (Å²) in [5.74, 6) is -0.339. The molecular weight excluding hydrogens is 614 g/mol. The molecule has 1 fully saturated rings. The summed E-state index contributed by atoms with van der Waals surface area (Å²) in [4.78, 5) is 48.6. The second-order valence-electron chi connectivity index (χ2n) is 14.6. The molecule has 0 N–H and O–H groups in total. The predicted octanol–water partition coefficient (Wildman–Crippen LogP) is 7.21. The second kappa shape index (κ2) is 13.4. The number of hydrogen-bond donors (Lipinski definition) is 0. The quantitative estimate of drug-likeness (QED) is 0.312. The highest BCUT2D eigenvalue weighted by atomic mass is 16.6. The number of fused-ring (bicyclic) bond motifs is 2. The van der Waals surface area contributed by atoms with E-state index in [9.17, 15) is 14.4 Å². The van der Waals surface area contributed by atoms with Gasteiger partial charge >= 0.3 is 6.09 Å². The van der Waals surface area contributed by atoms with Crippen LogP contribution in [0.5, 0.6) is 0 Å². The van der Waals surface area contributed by atoms with Gasteiger partial charge in [0.15, 0.2) is 0 Å². The number of ketones is 1. The minimum atomic E-state index is -0.602. The van der Waals surface area contributed by atoms with E-state index in [-0.39, 0.29) is 35.8 Å². The lowest BCUT2D eigenvalue weighted by atomic mass is 9.76. The van der Waals surface area contributed by atoms with E-state index in [1.165, 1.54) is 23.6 Å². The van der Waals surface area contributed by atoms with E-state index in [4.69, 9.17) is 14.5 Å². The molecule has 2 atom stereocenters. The van der Waals surface area contributed by atoms with Crippen LogP contribution in [0.25, 0.3) is 6.08 Å². The van der Waals surface area contributed by atoms with Crippen LogP contribution in [0.15, 0.2) is 105 Å². The van der Waals surface area contributed by atoms with Crippen LogP contribution in [0.4, 0.5) is 4.79 Å². The van der Waals surface area contributed by atoms with E-state index in [2.05, 4.69) is 54.6 Å². The molecule has 49 heavy (non-hydrogen) atoms. The summed E-state index contributed by atoms with van der Waals surface area (Å²) < 4.78 is 11.5. The Balaban J connectivity index is 1.25. The fourth-order valence-corrected chi connectivity index (χ4v) is 7.68. The number of ether oxygens (including phenoxy) is 2. The van der Waals surface area contributed by atoms with Crippen molar-refractivity contribution < 1.29 is 23.9 Å². The molecule has 2 unspecified atom stereocenters. The van der Waals surface area contributed by atoms with Gasteiger partial charge in [-0.05, 0) is 105 Å². The smallest absolute Gasteiger partial charge is 0.410 e. The lowest BCUT2D eigenvalue weighted by molar-refractivity contribution is -0.126. The topological polar surface area (TPSA) is 88.5 Å². The minimum absolute atomic E-state index is 0.0354. The van der Waals surface area contributed by atoms with Gasteiger partial charge in [-0.1, -0.05) is 54.6 Å². The van der Waals surface area contributed by atoms with Gasteiger partial charge in [-0.15, -0.1) is 0 Å². The Labute approximate surface area is 288 Å². The fourth-order valence-electron chi connectivity index (χ4n) is 7.68. The first kappa shape index (κ1) is 33.0. The predicted molar refractivity (Wildman–Crippen MR) is 191 cm³/mol. The molecule has 0 spiro atoms. The van der Waals surface area contributed by atoms with Crippen LogP contribution < -0.4 is 0 Å².